The molecule has 0 spiro atoms. The van der Waals surface area contributed by atoms with Crippen molar-refractivity contribution in [2.75, 3.05) is 13.1 Å². The van der Waals surface area contributed by atoms with Gasteiger partial charge in [0.2, 0.25) is 0 Å². The lowest BCUT2D eigenvalue weighted by Crippen LogP contribution is -2.45. The molecule has 1 aromatic heterocycles. The summed E-state index contributed by atoms with van der Waals surface area (Å²) in [6.07, 6.45) is 2.80. The molecule has 0 amide bonds. The van der Waals surface area contributed by atoms with Crippen LogP contribution in [0.5, 0.6) is 0 Å². The van der Waals surface area contributed by atoms with Crippen molar-refractivity contribution >= 4 is 0 Å². The first kappa shape index (κ1) is 12.0. The van der Waals surface area contributed by atoms with E-state index in [0.717, 1.165) is 31.6 Å². The van der Waals surface area contributed by atoms with Crippen molar-refractivity contribution in [1.29, 1.82) is 5.26 Å². The van der Waals surface area contributed by atoms with Crippen molar-refractivity contribution in [3.63, 3.8) is 0 Å². The highest BCUT2D eigenvalue weighted by molar-refractivity contribution is 5.25. The summed E-state index contributed by atoms with van der Waals surface area (Å²) >= 11 is 0. The van der Waals surface area contributed by atoms with Gasteiger partial charge in [0.1, 0.15) is 11.8 Å². The van der Waals surface area contributed by atoms with Gasteiger partial charge in [0, 0.05) is 31.9 Å². The third-order valence-corrected chi connectivity index (χ3v) is 3.11. The molecule has 2 atom stereocenters. The van der Waals surface area contributed by atoms with E-state index in [1.807, 2.05) is 12.1 Å². The van der Waals surface area contributed by atoms with Gasteiger partial charge in [-0.1, -0.05) is 6.92 Å². The molecule has 0 saturated carbocycles. The molecular weight excluding hydrogens is 212 g/mol. The topological polar surface area (TPSA) is 65.9 Å². The number of hydrogen-bond acceptors (Lipinski definition) is 4. The number of rotatable bonds is 2. The van der Waals surface area contributed by atoms with E-state index in [1.54, 1.807) is 6.20 Å². The van der Waals surface area contributed by atoms with E-state index in [0.29, 0.717) is 11.6 Å². The van der Waals surface area contributed by atoms with Crippen molar-refractivity contribution in [1.82, 2.24) is 9.88 Å². The lowest BCUT2D eigenvalue weighted by atomic mass is 9.96. The zero-order valence-corrected chi connectivity index (χ0v) is 10.1. The molecule has 4 nitrogen and oxygen atoms in total. The average Bonchev–Trinajstić information content (AvgIpc) is 2.28. The van der Waals surface area contributed by atoms with Gasteiger partial charge in [-0.15, -0.1) is 0 Å². The van der Waals surface area contributed by atoms with Crippen LogP contribution in [0.2, 0.25) is 0 Å². The Kier molecular flexibility index (Phi) is 3.72. The van der Waals surface area contributed by atoms with Gasteiger partial charge in [0.15, 0.2) is 0 Å². The SMILES string of the molecule is CC1CC(N)CN(Cc2ccnc(C#N)c2)C1. The van der Waals surface area contributed by atoms with Crippen molar-refractivity contribution < 1.29 is 0 Å². The lowest BCUT2D eigenvalue weighted by Gasteiger charge is -2.34. The van der Waals surface area contributed by atoms with E-state index in [2.05, 4.69) is 22.9 Å². The fourth-order valence-corrected chi connectivity index (χ4v) is 2.53. The largest absolute Gasteiger partial charge is 0.327 e. The standard InChI is InChI=1S/C13H18N4/c1-10-4-12(15)9-17(7-10)8-11-2-3-16-13(5-11)6-14/h2-3,5,10,12H,4,7-9,15H2,1H3. The van der Waals surface area contributed by atoms with Gasteiger partial charge in [0.25, 0.3) is 0 Å². The summed E-state index contributed by atoms with van der Waals surface area (Å²) in [6, 6.07) is 6.16. The third-order valence-electron chi connectivity index (χ3n) is 3.11. The summed E-state index contributed by atoms with van der Waals surface area (Å²) < 4.78 is 0. The fourth-order valence-electron chi connectivity index (χ4n) is 2.53. The van der Waals surface area contributed by atoms with Crippen LogP contribution in [0.25, 0.3) is 0 Å². The van der Waals surface area contributed by atoms with Gasteiger partial charge in [-0.05, 0) is 30.0 Å². The van der Waals surface area contributed by atoms with Crippen molar-refractivity contribution in [3.05, 3.63) is 29.6 Å². The first-order valence-electron chi connectivity index (χ1n) is 6.00. The maximum absolute atomic E-state index is 8.81. The molecule has 4 heteroatoms. The summed E-state index contributed by atoms with van der Waals surface area (Å²) in [4.78, 5) is 6.33. The van der Waals surface area contributed by atoms with Crippen LogP contribution in [0, 0.1) is 17.2 Å². The minimum atomic E-state index is 0.274. The smallest absolute Gasteiger partial charge is 0.140 e. The molecule has 2 N–H and O–H groups in total. The second-order valence-electron chi connectivity index (χ2n) is 4.96. The summed E-state index contributed by atoms with van der Waals surface area (Å²) in [5, 5.41) is 8.81. The van der Waals surface area contributed by atoms with Crippen LogP contribution in [0.15, 0.2) is 18.3 Å². The first-order chi connectivity index (χ1) is 8.17. The highest BCUT2D eigenvalue weighted by atomic mass is 15.1. The Labute approximate surface area is 102 Å². The second kappa shape index (κ2) is 5.26. The zero-order valence-electron chi connectivity index (χ0n) is 10.1. The molecule has 17 heavy (non-hydrogen) atoms. The van der Waals surface area contributed by atoms with Crippen molar-refractivity contribution in [3.8, 4) is 6.07 Å². The number of pyridine rings is 1. The number of nitrogens with zero attached hydrogens (tertiary/aromatic N) is 3. The Hall–Kier alpha value is -1.44. The predicted molar refractivity (Wildman–Crippen MR) is 66.0 cm³/mol. The number of likely N-dealkylation sites (tertiary alicyclic amines) is 1. The van der Waals surface area contributed by atoms with E-state index >= 15 is 0 Å². The summed E-state index contributed by atoms with van der Waals surface area (Å²) in [7, 11) is 0. The Morgan fingerprint density at radius 2 is 2.41 bits per heavy atom. The van der Waals surface area contributed by atoms with Crippen molar-refractivity contribution in [2.45, 2.75) is 25.9 Å². The molecule has 1 saturated heterocycles. The van der Waals surface area contributed by atoms with Gasteiger partial charge in [-0.25, -0.2) is 4.98 Å². The molecule has 0 bridgehead atoms. The van der Waals surface area contributed by atoms with E-state index < -0.39 is 0 Å². The molecule has 1 aliphatic rings. The monoisotopic (exact) mass is 230 g/mol. The molecule has 2 rings (SSSR count). The van der Waals surface area contributed by atoms with E-state index in [1.165, 1.54) is 0 Å². The van der Waals surface area contributed by atoms with Crippen LogP contribution < -0.4 is 5.73 Å². The van der Waals surface area contributed by atoms with Gasteiger partial charge in [0.05, 0.1) is 0 Å². The van der Waals surface area contributed by atoms with Crippen LogP contribution in [-0.2, 0) is 6.54 Å². The Bertz CT molecular complexity index is 414. The third kappa shape index (κ3) is 3.26. The highest BCUT2D eigenvalue weighted by Gasteiger charge is 2.21. The Morgan fingerprint density at radius 3 is 3.12 bits per heavy atom. The number of nitriles is 1. The number of piperidine rings is 1. The average molecular weight is 230 g/mol. The molecule has 0 radical (unpaired) electrons. The van der Waals surface area contributed by atoms with E-state index in [9.17, 15) is 0 Å². The van der Waals surface area contributed by atoms with Crippen LogP contribution in [-0.4, -0.2) is 29.0 Å². The molecule has 0 aromatic carbocycles. The maximum atomic E-state index is 8.81. The number of nitrogens with two attached hydrogens (primary N) is 1. The van der Waals surface area contributed by atoms with Crippen LogP contribution in [0.1, 0.15) is 24.6 Å². The minimum absolute atomic E-state index is 0.274. The molecule has 2 heterocycles. The molecule has 90 valence electrons. The van der Waals surface area contributed by atoms with E-state index in [-0.39, 0.29) is 6.04 Å². The molecule has 1 aromatic rings. The maximum Gasteiger partial charge on any atom is 0.140 e. The number of aromatic nitrogens is 1. The van der Waals surface area contributed by atoms with Gasteiger partial charge in [-0.2, -0.15) is 5.26 Å². The van der Waals surface area contributed by atoms with Crippen LogP contribution in [0.4, 0.5) is 0 Å². The number of hydrogen-bond donors (Lipinski definition) is 1. The molecule has 2 unspecified atom stereocenters. The zero-order chi connectivity index (χ0) is 12.3. The quantitative estimate of drug-likeness (QED) is 0.827. The van der Waals surface area contributed by atoms with Gasteiger partial charge < -0.3 is 5.73 Å². The van der Waals surface area contributed by atoms with E-state index in [4.69, 9.17) is 11.0 Å². The molecular formula is C13H18N4. The van der Waals surface area contributed by atoms with Crippen molar-refractivity contribution in [2.24, 2.45) is 11.7 Å². The summed E-state index contributed by atoms with van der Waals surface area (Å²) in [6.45, 7) is 5.11. The van der Waals surface area contributed by atoms with Crippen LogP contribution in [0.3, 0.4) is 0 Å². The summed E-state index contributed by atoms with van der Waals surface area (Å²) in [5.74, 6) is 0.649. The highest BCUT2D eigenvalue weighted by Crippen LogP contribution is 2.17. The van der Waals surface area contributed by atoms with Crippen LogP contribution >= 0.6 is 0 Å². The second-order valence-corrected chi connectivity index (χ2v) is 4.96. The minimum Gasteiger partial charge on any atom is -0.327 e. The van der Waals surface area contributed by atoms with Gasteiger partial charge >= 0.3 is 0 Å². The van der Waals surface area contributed by atoms with Gasteiger partial charge in [-0.3, -0.25) is 4.90 Å². The molecule has 0 aliphatic carbocycles. The predicted octanol–water partition coefficient (Wildman–Crippen LogP) is 1.12. The summed E-state index contributed by atoms with van der Waals surface area (Å²) in [5.41, 5.74) is 7.64. The first-order valence-corrected chi connectivity index (χ1v) is 6.00. The molecule has 1 aliphatic heterocycles. The normalized spacial score (nSPS) is 25.5. The lowest BCUT2D eigenvalue weighted by molar-refractivity contribution is 0.158. The fraction of sp³-hybridized carbons (Fsp3) is 0.538. The Balaban J connectivity index is 2.02. The molecule has 1 fully saturated rings. The Morgan fingerprint density at radius 1 is 1.59 bits per heavy atom.